The molecule has 5 aliphatic rings. The number of fused-ring (bicyclic) bond motifs is 6. The third-order valence-electron chi connectivity index (χ3n) is 10.3. The van der Waals surface area contributed by atoms with E-state index in [1.165, 1.54) is 0 Å². The number of hydrogen-bond donors (Lipinski definition) is 2. The van der Waals surface area contributed by atoms with Crippen LogP contribution in [-0.4, -0.2) is 36.7 Å². The fraction of sp³-hybridized carbons (Fsp3) is 0.333. The second-order valence-electron chi connectivity index (χ2n) is 12.7. The van der Waals surface area contributed by atoms with Crippen LogP contribution in [0, 0.1) is 10.8 Å². The van der Waals surface area contributed by atoms with Gasteiger partial charge in [-0.15, -0.1) is 23.2 Å². The Morgan fingerprint density at radius 1 is 0.683 bits per heavy atom. The zero-order chi connectivity index (χ0) is 28.3. The topological polar surface area (TPSA) is 95.9 Å². The molecule has 0 spiro atoms. The van der Waals surface area contributed by atoms with Crippen molar-refractivity contribution < 1.29 is 21.1 Å². The minimum Gasteiger partial charge on any atom is -0.325 e. The van der Waals surface area contributed by atoms with Gasteiger partial charge in [-0.2, -0.15) is 0 Å². The van der Waals surface area contributed by atoms with Crippen molar-refractivity contribution in [2.24, 2.45) is 10.8 Å². The van der Waals surface area contributed by atoms with Crippen molar-refractivity contribution in [3.05, 3.63) is 71.8 Å². The molecule has 3 aliphatic carbocycles. The fourth-order valence-electron chi connectivity index (χ4n) is 8.49. The molecule has 0 saturated heterocycles. The number of hydrogen-bond acceptors (Lipinski definition) is 2. The second kappa shape index (κ2) is 8.68. The maximum absolute atomic E-state index is 14.1. The van der Waals surface area contributed by atoms with Gasteiger partial charge in [-0.1, -0.05) is 36.4 Å². The van der Waals surface area contributed by atoms with Gasteiger partial charge < -0.3 is 21.3 Å². The van der Waals surface area contributed by atoms with Crippen LogP contribution in [0.15, 0.2) is 60.7 Å². The smallest absolute Gasteiger partial charge is 0.233 e. The van der Waals surface area contributed by atoms with Crippen molar-refractivity contribution in [3.63, 3.8) is 0 Å². The first-order chi connectivity index (χ1) is 19.8. The quantitative estimate of drug-likeness (QED) is 0.331. The fourth-order valence-corrected chi connectivity index (χ4v) is 8.99. The van der Waals surface area contributed by atoms with E-state index in [0.717, 1.165) is 55.4 Å². The molecular formula is C33H32Cl2N4O2+2. The molecule has 8 heteroatoms. The van der Waals surface area contributed by atoms with Crippen LogP contribution in [0.3, 0.4) is 0 Å². The van der Waals surface area contributed by atoms with Gasteiger partial charge in [0, 0.05) is 59.6 Å². The summed E-state index contributed by atoms with van der Waals surface area (Å²) >= 11 is 12.9. The molecule has 2 aliphatic heterocycles. The van der Waals surface area contributed by atoms with Crippen molar-refractivity contribution in [1.82, 2.24) is 0 Å². The zero-order valence-corrected chi connectivity index (χ0v) is 24.3. The van der Waals surface area contributed by atoms with Gasteiger partial charge in [-0.3, -0.25) is 9.59 Å². The predicted octanol–water partition coefficient (Wildman–Crippen LogP) is 4.95. The maximum atomic E-state index is 14.1. The summed E-state index contributed by atoms with van der Waals surface area (Å²) in [6.45, 7) is 1.15. The minimum absolute atomic E-state index is 0.0734. The van der Waals surface area contributed by atoms with Crippen LogP contribution < -0.4 is 21.3 Å². The summed E-state index contributed by atoms with van der Waals surface area (Å²) in [7, 11) is 0. The Labute approximate surface area is 248 Å². The molecule has 4 aromatic rings. The van der Waals surface area contributed by atoms with E-state index in [2.05, 4.69) is 35.7 Å². The normalized spacial score (nSPS) is 27.5. The highest BCUT2D eigenvalue weighted by atomic mass is 35.5. The summed E-state index contributed by atoms with van der Waals surface area (Å²) in [4.78, 5) is 32.2. The van der Waals surface area contributed by atoms with Crippen LogP contribution >= 0.6 is 23.2 Å². The first kappa shape index (κ1) is 25.5. The molecule has 3 fully saturated rings. The summed E-state index contributed by atoms with van der Waals surface area (Å²) in [6.07, 6.45) is 1.80. The van der Waals surface area contributed by atoms with Crippen molar-refractivity contribution in [2.45, 2.75) is 31.1 Å². The van der Waals surface area contributed by atoms with Gasteiger partial charge in [0.2, 0.25) is 11.8 Å². The van der Waals surface area contributed by atoms with Gasteiger partial charge in [0.15, 0.2) is 0 Å². The second-order valence-corrected chi connectivity index (χ2v) is 13.3. The Balaban J connectivity index is 1.08. The molecule has 2 amide bonds. The predicted molar refractivity (Wildman–Crippen MR) is 163 cm³/mol. The summed E-state index contributed by atoms with van der Waals surface area (Å²) < 4.78 is 0. The average molecular weight is 588 g/mol. The lowest BCUT2D eigenvalue weighted by Crippen LogP contribution is -2.73. The monoisotopic (exact) mass is 586 g/mol. The molecule has 2 unspecified atom stereocenters. The summed E-state index contributed by atoms with van der Waals surface area (Å²) in [5, 5.41) is 4.45. The molecule has 9 rings (SSSR count). The molecule has 2 heterocycles. The van der Waals surface area contributed by atoms with E-state index >= 15 is 0 Å². The third-order valence-corrected chi connectivity index (χ3v) is 11.0. The van der Waals surface area contributed by atoms with E-state index in [1.807, 2.05) is 46.2 Å². The molecule has 6 N–H and O–H groups in total. The number of amides is 2. The highest BCUT2D eigenvalue weighted by Gasteiger charge is 2.76. The lowest BCUT2D eigenvalue weighted by Gasteiger charge is -2.69. The molecule has 6 nitrogen and oxygen atoms in total. The lowest BCUT2D eigenvalue weighted by molar-refractivity contribution is -0.253. The Kier molecular flexibility index (Phi) is 5.41. The van der Waals surface area contributed by atoms with Crippen LogP contribution in [0.25, 0.3) is 21.5 Å². The molecule has 208 valence electrons. The number of anilines is 2. The van der Waals surface area contributed by atoms with Crippen LogP contribution in [0.1, 0.15) is 42.2 Å². The van der Waals surface area contributed by atoms with Crippen molar-refractivity contribution in [3.8, 4) is 0 Å². The van der Waals surface area contributed by atoms with E-state index in [0.29, 0.717) is 44.1 Å². The highest BCUT2D eigenvalue weighted by molar-refractivity contribution is 6.20. The molecule has 2 atom stereocenters. The number of benzene rings is 4. The minimum atomic E-state index is -0.476. The van der Waals surface area contributed by atoms with Crippen LogP contribution in [0.4, 0.5) is 22.7 Å². The van der Waals surface area contributed by atoms with E-state index in [9.17, 15) is 9.59 Å². The molecule has 2 bridgehead atoms. The number of alkyl halides is 2. The van der Waals surface area contributed by atoms with E-state index in [1.54, 1.807) is 0 Å². The maximum Gasteiger partial charge on any atom is 0.233 e. The zero-order valence-electron chi connectivity index (χ0n) is 22.8. The molecular weight excluding hydrogens is 555 g/mol. The van der Waals surface area contributed by atoms with Crippen molar-refractivity contribution >= 4 is 79.3 Å². The molecule has 0 aromatic heterocycles. The largest absolute Gasteiger partial charge is 0.325 e. The number of quaternary nitrogens is 2. The number of carbonyl (C=O) groups is 2. The van der Waals surface area contributed by atoms with Crippen LogP contribution in [0.2, 0.25) is 0 Å². The van der Waals surface area contributed by atoms with Crippen LogP contribution in [0.5, 0.6) is 0 Å². The van der Waals surface area contributed by atoms with E-state index in [-0.39, 0.29) is 23.7 Å². The summed E-state index contributed by atoms with van der Waals surface area (Å²) in [6, 6.07) is 20.5. The Bertz CT molecular complexity index is 1670. The first-order valence-electron chi connectivity index (χ1n) is 14.3. The summed E-state index contributed by atoms with van der Waals surface area (Å²) in [5.74, 6) is 1.30. The van der Waals surface area contributed by atoms with Gasteiger partial charge in [0.1, 0.15) is 11.4 Å². The van der Waals surface area contributed by atoms with E-state index < -0.39 is 10.8 Å². The van der Waals surface area contributed by atoms with E-state index in [4.69, 9.17) is 23.2 Å². The lowest BCUT2D eigenvalue weighted by atomic mass is 9.34. The number of nitrogens with zero attached hydrogens (tertiary/aromatic N) is 2. The first-order valence-corrected chi connectivity index (χ1v) is 15.4. The summed E-state index contributed by atoms with van der Waals surface area (Å²) in [5.41, 5.74) is 13.6. The number of halogens is 2. The molecule has 0 radical (unpaired) electrons. The van der Waals surface area contributed by atoms with Gasteiger partial charge >= 0.3 is 0 Å². The highest BCUT2D eigenvalue weighted by Crippen LogP contribution is 2.75. The molecule has 4 aromatic carbocycles. The Morgan fingerprint density at radius 3 is 1.41 bits per heavy atom. The van der Waals surface area contributed by atoms with Crippen molar-refractivity contribution in [1.29, 1.82) is 0 Å². The van der Waals surface area contributed by atoms with Gasteiger partial charge in [0.25, 0.3) is 0 Å². The molecule has 41 heavy (non-hydrogen) atoms. The third kappa shape index (κ3) is 3.28. The Hall–Kier alpha value is -3.16. The Morgan fingerprint density at radius 2 is 1.05 bits per heavy atom. The SMILES string of the molecule is [NH3+]c1cc2c(c3ccccc13)C(CCl)CN2C(=O)C12CC(C(=O)N3CC(CCl)c4c3cc([NH3+])c3ccccc43)(C1)C2. The van der Waals surface area contributed by atoms with Crippen molar-refractivity contribution in [2.75, 3.05) is 34.6 Å². The average Bonchev–Trinajstić information content (AvgIpc) is 3.50. The standard InChI is InChI=1S/C33H30Cl2N4O2/c34-11-18-13-38(26-9-24(36)20-5-1-3-7-22(20)28(18)26)30(40)32-15-33(16-32,17-32)31(41)39-14-19(12-35)29-23-8-4-2-6-21(23)25(37)10-27(29)39/h1-10,18-19H,11-17,36-37H2/p+2. The van der Waals surface area contributed by atoms with Gasteiger partial charge in [0.05, 0.1) is 22.2 Å². The number of carbonyl (C=O) groups excluding carboxylic acids is 2. The van der Waals surface area contributed by atoms with Gasteiger partial charge in [-0.25, -0.2) is 0 Å². The molecule has 3 saturated carbocycles. The van der Waals surface area contributed by atoms with Gasteiger partial charge in [-0.05, 0) is 53.3 Å². The number of rotatable bonds is 4. The van der Waals surface area contributed by atoms with Crippen LogP contribution in [-0.2, 0) is 9.59 Å².